The molecule has 1 aromatic heterocycles. The third kappa shape index (κ3) is 7.15. The van der Waals surface area contributed by atoms with Gasteiger partial charge in [-0.05, 0) is 42.0 Å². The number of aryl methyl sites for hydroxylation is 1. The van der Waals surface area contributed by atoms with Crippen molar-refractivity contribution in [2.75, 3.05) is 26.9 Å². The van der Waals surface area contributed by atoms with Crippen LogP contribution in [0.5, 0.6) is 0 Å². The van der Waals surface area contributed by atoms with Gasteiger partial charge >= 0.3 is 0 Å². The molecule has 26 heavy (non-hydrogen) atoms. The molecule has 0 unspecified atom stereocenters. The number of guanidine groups is 1. The first-order valence-electron chi connectivity index (χ1n) is 8.93. The summed E-state index contributed by atoms with van der Waals surface area (Å²) in [4.78, 5) is 5.63. The van der Waals surface area contributed by atoms with Crippen molar-refractivity contribution in [2.45, 2.75) is 33.5 Å². The van der Waals surface area contributed by atoms with Crippen LogP contribution in [0.4, 0.5) is 0 Å². The second-order valence-corrected chi connectivity index (χ2v) is 6.88. The molecule has 0 saturated heterocycles. The third-order valence-corrected chi connectivity index (χ3v) is 4.93. The predicted octanol–water partition coefficient (Wildman–Crippen LogP) is 3.47. The molecule has 2 N–H and O–H groups in total. The van der Waals surface area contributed by atoms with Crippen molar-refractivity contribution in [2.24, 2.45) is 4.99 Å². The second kappa shape index (κ2) is 11.7. The summed E-state index contributed by atoms with van der Waals surface area (Å²) >= 11 is 1.76. The standard InChI is InChI=1S/C20H29N3O2S/c1-4-24-9-10-25-15-18-7-5-6-17(12-18)13-22-20(21-3)23-14-19-16(2)8-11-26-19/h5-8,11-12H,4,9-10,13-15H2,1-3H3,(H2,21,22,23). The summed E-state index contributed by atoms with van der Waals surface area (Å²) < 4.78 is 10.9. The largest absolute Gasteiger partial charge is 0.379 e. The van der Waals surface area contributed by atoms with Gasteiger partial charge < -0.3 is 20.1 Å². The summed E-state index contributed by atoms with van der Waals surface area (Å²) in [5.41, 5.74) is 3.68. The van der Waals surface area contributed by atoms with E-state index in [1.807, 2.05) is 6.92 Å². The second-order valence-electron chi connectivity index (χ2n) is 5.88. The maximum atomic E-state index is 5.63. The SMILES string of the molecule is CCOCCOCc1cccc(CNC(=NC)NCc2sccc2C)c1. The number of nitrogens with one attached hydrogen (secondary N) is 2. The van der Waals surface area contributed by atoms with Gasteiger partial charge in [-0.25, -0.2) is 0 Å². The summed E-state index contributed by atoms with van der Waals surface area (Å²) in [6.45, 7) is 8.22. The molecular formula is C20H29N3O2S. The van der Waals surface area contributed by atoms with Gasteiger partial charge in [0.2, 0.25) is 0 Å². The van der Waals surface area contributed by atoms with Crippen molar-refractivity contribution in [1.29, 1.82) is 0 Å². The summed E-state index contributed by atoms with van der Waals surface area (Å²) in [7, 11) is 1.79. The number of benzene rings is 1. The van der Waals surface area contributed by atoms with Crippen LogP contribution < -0.4 is 10.6 Å². The molecule has 0 saturated carbocycles. The lowest BCUT2D eigenvalue weighted by Gasteiger charge is -2.12. The van der Waals surface area contributed by atoms with Gasteiger partial charge in [0.25, 0.3) is 0 Å². The van der Waals surface area contributed by atoms with Crippen molar-refractivity contribution in [3.05, 3.63) is 57.3 Å². The van der Waals surface area contributed by atoms with Gasteiger partial charge in [-0.2, -0.15) is 0 Å². The van der Waals surface area contributed by atoms with Gasteiger partial charge in [-0.3, -0.25) is 4.99 Å². The quantitative estimate of drug-likeness (QED) is 0.379. The highest BCUT2D eigenvalue weighted by Gasteiger charge is 2.03. The number of hydrogen-bond acceptors (Lipinski definition) is 4. The fraction of sp³-hybridized carbons (Fsp3) is 0.450. The van der Waals surface area contributed by atoms with Gasteiger partial charge in [-0.15, -0.1) is 11.3 Å². The molecule has 142 valence electrons. The van der Waals surface area contributed by atoms with E-state index in [2.05, 4.69) is 58.3 Å². The molecule has 0 amide bonds. The van der Waals surface area contributed by atoms with Gasteiger partial charge in [0.15, 0.2) is 5.96 Å². The molecule has 0 atom stereocenters. The average molecular weight is 376 g/mol. The fourth-order valence-electron chi connectivity index (χ4n) is 2.44. The summed E-state index contributed by atoms with van der Waals surface area (Å²) in [6, 6.07) is 10.5. The van der Waals surface area contributed by atoms with Crippen LogP contribution in [0.3, 0.4) is 0 Å². The molecular weight excluding hydrogens is 346 g/mol. The molecule has 2 rings (SSSR count). The Labute approximate surface area is 160 Å². The lowest BCUT2D eigenvalue weighted by molar-refractivity contribution is 0.0453. The Balaban J connectivity index is 1.76. The minimum absolute atomic E-state index is 0.603. The van der Waals surface area contributed by atoms with E-state index in [-0.39, 0.29) is 0 Å². The minimum atomic E-state index is 0.603. The van der Waals surface area contributed by atoms with Gasteiger partial charge in [0.1, 0.15) is 0 Å². The number of thiophene rings is 1. The molecule has 0 fully saturated rings. The highest BCUT2D eigenvalue weighted by Crippen LogP contribution is 2.14. The lowest BCUT2D eigenvalue weighted by Crippen LogP contribution is -2.36. The molecule has 0 bridgehead atoms. The number of rotatable bonds is 10. The molecule has 0 aliphatic heterocycles. The van der Waals surface area contributed by atoms with E-state index in [9.17, 15) is 0 Å². The number of hydrogen-bond donors (Lipinski definition) is 2. The molecule has 6 heteroatoms. The number of aliphatic imine (C=N–C) groups is 1. The Kier molecular flexibility index (Phi) is 9.17. The number of ether oxygens (including phenoxy) is 2. The first-order chi connectivity index (χ1) is 12.7. The van der Waals surface area contributed by atoms with Crippen molar-refractivity contribution in [3.63, 3.8) is 0 Å². The molecule has 2 aromatic rings. The average Bonchev–Trinajstić information content (AvgIpc) is 3.07. The van der Waals surface area contributed by atoms with E-state index < -0.39 is 0 Å². The van der Waals surface area contributed by atoms with Crippen molar-refractivity contribution < 1.29 is 9.47 Å². The third-order valence-electron chi connectivity index (χ3n) is 3.90. The zero-order chi connectivity index (χ0) is 18.6. The Morgan fingerprint density at radius 1 is 1.08 bits per heavy atom. The minimum Gasteiger partial charge on any atom is -0.379 e. The van der Waals surface area contributed by atoms with E-state index in [0.717, 1.165) is 31.2 Å². The Morgan fingerprint density at radius 3 is 2.58 bits per heavy atom. The molecule has 5 nitrogen and oxygen atoms in total. The first kappa shape index (κ1) is 20.4. The maximum absolute atomic E-state index is 5.63. The molecule has 0 aliphatic carbocycles. The maximum Gasteiger partial charge on any atom is 0.191 e. The van der Waals surface area contributed by atoms with Crippen LogP contribution >= 0.6 is 11.3 Å². The monoisotopic (exact) mass is 375 g/mol. The fourth-order valence-corrected chi connectivity index (χ4v) is 3.28. The van der Waals surface area contributed by atoms with Crippen molar-refractivity contribution in [3.8, 4) is 0 Å². The zero-order valence-electron chi connectivity index (χ0n) is 15.9. The summed E-state index contributed by atoms with van der Waals surface area (Å²) in [6.07, 6.45) is 0. The highest BCUT2D eigenvalue weighted by atomic mass is 32.1. The van der Waals surface area contributed by atoms with Gasteiger partial charge in [0, 0.05) is 25.1 Å². The normalized spacial score (nSPS) is 11.6. The van der Waals surface area contributed by atoms with Crippen LogP contribution in [0.1, 0.15) is 28.5 Å². The van der Waals surface area contributed by atoms with Crippen molar-refractivity contribution >= 4 is 17.3 Å². The van der Waals surface area contributed by atoms with Gasteiger partial charge in [0.05, 0.1) is 26.4 Å². The molecule has 0 aliphatic rings. The van der Waals surface area contributed by atoms with Crippen LogP contribution in [0.25, 0.3) is 0 Å². The molecule has 0 radical (unpaired) electrons. The molecule has 1 aromatic carbocycles. The van der Waals surface area contributed by atoms with E-state index in [4.69, 9.17) is 9.47 Å². The van der Waals surface area contributed by atoms with Crippen LogP contribution in [0.2, 0.25) is 0 Å². The van der Waals surface area contributed by atoms with E-state index in [1.54, 1.807) is 18.4 Å². The van der Waals surface area contributed by atoms with Crippen LogP contribution in [-0.4, -0.2) is 32.8 Å². The lowest BCUT2D eigenvalue weighted by atomic mass is 10.1. The predicted molar refractivity (Wildman–Crippen MR) is 109 cm³/mol. The Morgan fingerprint density at radius 2 is 1.85 bits per heavy atom. The number of nitrogens with zero attached hydrogens (tertiary/aromatic N) is 1. The Bertz CT molecular complexity index is 685. The van der Waals surface area contributed by atoms with Crippen LogP contribution in [-0.2, 0) is 29.2 Å². The van der Waals surface area contributed by atoms with Crippen LogP contribution in [0.15, 0.2) is 40.7 Å². The van der Waals surface area contributed by atoms with Crippen molar-refractivity contribution in [1.82, 2.24) is 10.6 Å². The molecule has 0 spiro atoms. The zero-order valence-corrected chi connectivity index (χ0v) is 16.7. The highest BCUT2D eigenvalue weighted by molar-refractivity contribution is 7.10. The van der Waals surface area contributed by atoms with E-state index >= 15 is 0 Å². The summed E-state index contributed by atoms with van der Waals surface area (Å²) in [5, 5.41) is 8.84. The molecule has 1 heterocycles. The van der Waals surface area contributed by atoms with Gasteiger partial charge in [-0.1, -0.05) is 24.3 Å². The van der Waals surface area contributed by atoms with E-state index in [1.165, 1.54) is 16.0 Å². The first-order valence-corrected chi connectivity index (χ1v) is 9.81. The topological polar surface area (TPSA) is 54.9 Å². The Hall–Kier alpha value is -1.89. The smallest absolute Gasteiger partial charge is 0.191 e. The van der Waals surface area contributed by atoms with Crippen LogP contribution in [0, 0.1) is 6.92 Å². The summed E-state index contributed by atoms with van der Waals surface area (Å²) in [5.74, 6) is 0.802. The van der Waals surface area contributed by atoms with E-state index in [0.29, 0.717) is 19.8 Å².